The predicted octanol–water partition coefficient (Wildman–Crippen LogP) is 1.21. The number of carbonyl (C=O) groups excluding carboxylic acids is 1. The lowest BCUT2D eigenvalue weighted by molar-refractivity contribution is -0.384. The van der Waals surface area contributed by atoms with Crippen LogP contribution in [0.3, 0.4) is 0 Å². The fourth-order valence-electron chi connectivity index (χ4n) is 1.02. The normalized spacial score (nSPS) is 9.00. The number of ether oxygens (including phenoxy) is 1. The Bertz CT molecular complexity index is 512. The number of nitro groups is 1. The van der Waals surface area contributed by atoms with Crippen LogP contribution in [-0.2, 0) is 9.53 Å². The van der Waals surface area contributed by atoms with Gasteiger partial charge >= 0.3 is 5.97 Å². The summed E-state index contributed by atoms with van der Waals surface area (Å²) >= 11 is 0. The van der Waals surface area contributed by atoms with Crippen LogP contribution in [0.25, 0.3) is 0 Å². The summed E-state index contributed by atoms with van der Waals surface area (Å²) in [5, 5.41) is 19.9. The highest BCUT2D eigenvalue weighted by Crippen LogP contribution is 2.21. The minimum absolute atomic E-state index is 0.100. The second kappa shape index (κ2) is 5.51. The molecule has 0 atom stereocenters. The van der Waals surface area contributed by atoms with E-state index in [-0.39, 0.29) is 23.4 Å². The van der Waals surface area contributed by atoms with E-state index in [2.05, 4.69) is 16.6 Å². The number of aromatic hydroxyl groups is 1. The maximum atomic E-state index is 10.8. The van der Waals surface area contributed by atoms with Crippen LogP contribution in [0, 0.1) is 22.0 Å². The molecule has 0 fully saturated rings. The first-order valence-corrected chi connectivity index (χ1v) is 4.57. The van der Waals surface area contributed by atoms with E-state index >= 15 is 0 Å². The summed E-state index contributed by atoms with van der Waals surface area (Å²) in [7, 11) is 1.23. The van der Waals surface area contributed by atoms with Crippen molar-refractivity contribution in [3.8, 4) is 17.6 Å². The van der Waals surface area contributed by atoms with E-state index in [0.29, 0.717) is 0 Å². The van der Waals surface area contributed by atoms with Crippen LogP contribution in [0.1, 0.15) is 12.0 Å². The molecule has 0 heterocycles. The van der Waals surface area contributed by atoms with Crippen LogP contribution in [0.15, 0.2) is 18.2 Å². The maximum Gasteiger partial charge on any atom is 0.317 e. The van der Waals surface area contributed by atoms with Crippen molar-refractivity contribution in [3.05, 3.63) is 33.9 Å². The number of nitro benzene ring substituents is 1. The summed E-state index contributed by atoms with van der Waals surface area (Å²) in [5.41, 5.74) is -0.0757. The summed E-state index contributed by atoms with van der Waals surface area (Å²) in [5.74, 6) is 4.24. The molecule has 6 heteroatoms. The molecule has 88 valence electrons. The molecule has 0 aromatic heterocycles. The van der Waals surface area contributed by atoms with E-state index in [0.717, 1.165) is 6.07 Å². The van der Waals surface area contributed by atoms with Gasteiger partial charge in [-0.25, -0.2) is 0 Å². The number of non-ortho nitro benzene ring substituents is 1. The van der Waals surface area contributed by atoms with Crippen molar-refractivity contribution in [2.45, 2.75) is 6.42 Å². The van der Waals surface area contributed by atoms with Crippen LogP contribution < -0.4 is 0 Å². The Morgan fingerprint density at radius 3 is 2.88 bits per heavy atom. The van der Waals surface area contributed by atoms with Gasteiger partial charge in [0.15, 0.2) is 0 Å². The Labute approximate surface area is 97.0 Å². The van der Waals surface area contributed by atoms with Gasteiger partial charge in [0.05, 0.1) is 17.6 Å². The van der Waals surface area contributed by atoms with Gasteiger partial charge in [-0.1, -0.05) is 11.8 Å². The third kappa shape index (κ3) is 3.50. The molecule has 1 aromatic carbocycles. The smallest absolute Gasteiger partial charge is 0.317 e. The van der Waals surface area contributed by atoms with Gasteiger partial charge in [-0.2, -0.15) is 0 Å². The molecule has 0 aliphatic heterocycles. The van der Waals surface area contributed by atoms with Crippen molar-refractivity contribution >= 4 is 11.7 Å². The fourth-order valence-corrected chi connectivity index (χ4v) is 1.02. The van der Waals surface area contributed by atoms with Crippen LogP contribution in [0.4, 0.5) is 5.69 Å². The molecule has 0 radical (unpaired) electrons. The third-order valence-electron chi connectivity index (χ3n) is 1.87. The number of esters is 1. The van der Waals surface area contributed by atoms with Crippen LogP contribution in [0.2, 0.25) is 0 Å². The zero-order valence-electron chi connectivity index (χ0n) is 8.97. The van der Waals surface area contributed by atoms with Crippen molar-refractivity contribution in [1.29, 1.82) is 0 Å². The Balaban J connectivity index is 2.93. The van der Waals surface area contributed by atoms with E-state index in [1.807, 2.05) is 0 Å². The molecule has 1 N–H and O–H groups in total. The minimum atomic E-state index is -0.592. The summed E-state index contributed by atoms with van der Waals surface area (Å²) in [6.07, 6.45) is -0.140. The van der Waals surface area contributed by atoms with Gasteiger partial charge < -0.3 is 9.84 Å². The molecule has 6 nitrogen and oxygen atoms in total. The largest absolute Gasteiger partial charge is 0.507 e. The summed E-state index contributed by atoms with van der Waals surface area (Å²) in [6, 6.07) is 3.49. The highest BCUT2D eigenvalue weighted by molar-refractivity contribution is 5.72. The van der Waals surface area contributed by atoms with Crippen LogP contribution >= 0.6 is 0 Å². The number of phenols is 1. The molecule has 0 saturated heterocycles. The first-order chi connectivity index (χ1) is 8.04. The van der Waals surface area contributed by atoms with Gasteiger partial charge in [-0.15, -0.1) is 0 Å². The Morgan fingerprint density at radius 1 is 1.59 bits per heavy atom. The zero-order chi connectivity index (χ0) is 12.8. The van der Waals surface area contributed by atoms with Crippen LogP contribution in [-0.4, -0.2) is 23.1 Å². The molecule has 0 saturated carbocycles. The monoisotopic (exact) mass is 235 g/mol. The third-order valence-corrected chi connectivity index (χ3v) is 1.87. The number of methoxy groups -OCH3 is 1. The lowest BCUT2D eigenvalue weighted by atomic mass is 10.2. The average molecular weight is 235 g/mol. The summed E-state index contributed by atoms with van der Waals surface area (Å²) in [6.45, 7) is 0. The molecule has 0 bridgehead atoms. The highest BCUT2D eigenvalue weighted by atomic mass is 16.6. The molecule has 17 heavy (non-hydrogen) atoms. The van der Waals surface area contributed by atoms with Gasteiger partial charge in [0.2, 0.25) is 0 Å². The quantitative estimate of drug-likeness (QED) is 0.360. The van der Waals surface area contributed by atoms with Crippen LogP contribution in [0.5, 0.6) is 5.75 Å². The summed E-state index contributed by atoms with van der Waals surface area (Å²) in [4.78, 5) is 20.7. The molecule has 1 aromatic rings. The molecule has 0 aliphatic rings. The number of hydrogen-bond donors (Lipinski definition) is 1. The average Bonchev–Trinajstić information content (AvgIpc) is 2.30. The second-order valence-corrected chi connectivity index (χ2v) is 3.01. The van der Waals surface area contributed by atoms with Crippen molar-refractivity contribution in [1.82, 2.24) is 0 Å². The molecular formula is C11H9NO5. The number of rotatable bonds is 2. The van der Waals surface area contributed by atoms with E-state index < -0.39 is 10.9 Å². The lowest BCUT2D eigenvalue weighted by Crippen LogP contribution is -1.97. The number of benzene rings is 1. The van der Waals surface area contributed by atoms with Crippen molar-refractivity contribution < 1.29 is 19.6 Å². The van der Waals surface area contributed by atoms with Gasteiger partial charge in [0, 0.05) is 12.1 Å². The first-order valence-electron chi connectivity index (χ1n) is 4.57. The minimum Gasteiger partial charge on any atom is -0.507 e. The van der Waals surface area contributed by atoms with E-state index in [1.54, 1.807) is 0 Å². The van der Waals surface area contributed by atoms with E-state index in [1.165, 1.54) is 19.2 Å². The molecular weight excluding hydrogens is 226 g/mol. The fraction of sp³-hybridized carbons (Fsp3) is 0.182. The van der Waals surface area contributed by atoms with E-state index in [9.17, 15) is 20.0 Å². The SMILES string of the molecule is COC(=O)CC#Cc1cc([N+](=O)[O-])ccc1O. The topological polar surface area (TPSA) is 89.7 Å². The van der Waals surface area contributed by atoms with Gasteiger partial charge in [-0.05, 0) is 6.07 Å². The van der Waals surface area contributed by atoms with Gasteiger partial charge in [0.25, 0.3) is 5.69 Å². The standard InChI is InChI=1S/C11H9NO5/c1-17-11(14)4-2-3-8-7-9(12(15)16)5-6-10(8)13/h5-7,13H,4H2,1H3. The number of nitrogens with zero attached hydrogens (tertiary/aromatic N) is 1. The van der Waals surface area contributed by atoms with E-state index in [4.69, 9.17) is 0 Å². The Hall–Kier alpha value is -2.55. The Kier molecular flexibility index (Phi) is 4.06. The Morgan fingerprint density at radius 2 is 2.29 bits per heavy atom. The maximum absolute atomic E-state index is 10.8. The molecule has 0 aliphatic carbocycles. The highest BCUT2D eigenvalue weighted by Gasteiger charge is 2.08. The number of phenolic OH excluding ortho intramolecular Hbond substituents is 1. The molecule has 1 rings (SSSR count). The molecule has 0 amide bonds. The predicted molar refractivity (Wildman–Crippen MR) is 58.3 cm³/mol. The number of carbonyl (C=O) groups is 1. The van der Waals surface area contributed by atoms with Crippen molar-refractivity contribution in [3.63, 3.8) is 0 Å². The lowest BCUT2D eigenvalue weighted by Gasteiger charge is -1.96. The first kappa shape index (κ1) is 12.5. The van der Waals surface area contributed by atoms with Crippen molar-refractivity contribution in [2.24, 2.45) is 0 Å². The molecule has 0 spiro atoms. The number of hydrogen-bond acceptors (Lipinski definition) is 5. The van der Waals surface area contributed by atoms with Crippen molar-refractivity contribution in [2.75, 3.05) is 7.11 Å². The van der Waals surface area contributed by atoms with Gasteiger partial charge in [0.1, 0.15) is 12.2 Å². The second-order valence-electron chi connectivity index (χ2n) is 3.01. The van der Waals surface area contributed by atoms with Gasteiger partial charge in [-0.3, -0.25) is 14.9 Å². The summed E-state index contributed by atoms with van der Waals surface area (Å²) < 4.78 is 4.37. The zero-order valence-corrected chi connectivity index (χ0v) is 8.97. The molecule has 0 unspecified atom stereocenters.